The lowest BCUT2D eigenvalue weighted by atomic mass is 10.1. The average molecular weight is 405 g/mol. The number of sulfonamides is 1. The molecule has 0 atom stereocenters. The van der Waals surface area contributed by atoms with Gasteiger partial charge >= 0.3 is 0 Å². The minimum absolute atomic E-state index is 0.0604. The number of rotatable bonds is 9. The number of amides is 1. The highest BCUT2D eigenvalue weighted by molar-refractivity contribution is 7.92. The first-order chi connectivity index (χ1) is 13.3. The van der Waals surface area contributed by atoms with E-state index < -0.39 is 10.0 Å². The highest BCUT2D eigenvalue weighted by Gasteiger charge is 2.21. The minimum atomic E-state index is -3.82. The second-order valence-electron chi connectivity index (χ2n) is 6.60. The van der Waals surface area contributed by atoms with Gasteiger partial charge in [0.15, 0.2) is 0 Å². The van der Waals surface area contributed by atoms with E-state index in [-0.39, 0.29) is 10.8 Å². The highest BCUT2D eigenvalue weighted by Crippen LogP contribution is 2.22. The molecule has 1 N–H and O–H groups in total. The fraction of sp³-hybridized carbons (Fsp3) is 0.381. The van der Waals surface area contributed by atoms with Crippen molar-refractivity contribution >= 4 is 21.6 Å². The molecule has 7 heteroatoms. The molecule has 0 saturated carbocycles. The smallest absolute Gasteiger partial charge is 0.261 e. The third kappa shape index (κ3) is 5.25. The SMILES string of the molecule is CCCN(CCC)C(=O)c1cc(S(=O)(=O)Nc2ccc(OC)cc2)ccc1C. The summed E-state index contributed by atoms with van der Waals surface area (Å²) in [7, 11) is -2.27. The number of ether oxygens (including phenoxy) is 1. The van der Waals surface area contributed by atoms with Gasteiger partial charge in [-0.1, -0.05) is 19.9 Å². The van der Waals surface area contributed by atoms with Crippen molar-refractivity contribution in [3.05, 3.63) is 53.6 Å². The van der Waals surface area contributed by atoms with Crippen LogP contribution in [-0.2, 0) is 10.0 Å². The van der Waals surface area contributed by atoms with Crippen molar-refractivity contribution in [1.82, 2.24) is 4.90 Å². The van der Waals surface area contributed by atoms with Crippen molar-refractivity contribution < 1.29 is 17.9 Å². The van der Waals surface area contributed by atoms with E-state index in [1.165, 1.54) is 12.1 Å². The number of hydrogen-bond donors (Lipinski definition) is 1. The van der Waals surface area contributed by atoms with Crippen molar-refractivity contribution in [2.45, 2.75) is 38.5 Å². The Labute approximate surface area is 167 Å². The van der Waals surface area contributed by atoms with Crippen LogP contribution in [-0.4, -0.2) is 39.4 Å². The van der Waals surface area contributed by atoms with Gasteiger partial charge in [-0.05, 0) is 61.7 Å². The van der Waals surface area contributed by atoms with Gasteiger partial charge in [0.05, 0.1) is 12.0 Å². The van der Waals surface area contributed by atoms with Gasteiger partial charge in [-0.3, -0.25) is 9.52 Å². The summed E-state index contributed by atoms with van der Waals surface area (Å²) in [4.78, 5) is 14.8. The van der Waals surface area contributed by atoms with E-state index in [1.54, 1.807) is 42.3 Å². The number of anilines is 1. The fourth-order valence-corrected chi connectivity index (χ4v) is 3.98. The van der Waals surface area contributed by atoms with Crippen molar-refractivity contribution in [1.29, 1.82) is 0 Å². The molecule has 2 aromatic carbocycles. The molecule has 0 unspecified atom stereocenters. The van der Waals surface area contributed by atoms with Crippen LogP contribution in [0.25, 0.3) is 0 Å². The lowest BCUT2D eigenvalue weighted by Gasteiger charge is -2.22. The lowest BCUT2D eigenvalue weighted by molar-refractivity contribution is 0.0754. The number of benzene rings is 2. The molecule has 0 aliphatic rings. The summed E-state index contributed by atoms with van der Waals surface area (Å²) in [6.45, 7) is 7.14. The number of hydrogen-bond acceptors (Lipinski definition) is 4. The molecule has 2 rings (SSSR count). The zero-order valence-electron chi connectivity index (χ0n) is 16.9. The molecule has 0 heterocycles. The molecule has 152 valence electrons. The first-order valence-electron chi connectivity index (χ1n) is 9.39. The summed E-state index contributed by atoms with van der Waals surface area (Å²) < 4.78 is 33.2. The van der Waals surface area contributed by atoms with E-state index in [0.717, 1.165) is 18.4 Å². The summed E-state index contributed by atoms with van der Waals surface area (Å²) >= 11 is 0. The number of carbonyl (C=O) groups is 1. The molecule has 2 aromatic rings. The number of nitrogens with one attached hydrogen (secondary N) is 1. The fourth-order valence-electron chi connectivity index (χ4n) is 2.90. The van der Waals surface area contributed by atoms with Crippen LogP contribution < -0.4 is 9.46 Å². The average Bonchev–Trinajstić information content (AvgIpc) is 2.68. The maximum Gasteiger partial charge on any atom is 0.261 e. The van der Waals surface area contributed by atoms with Crippen LogP contribution in [0, 0.1) is 6.92 Å². The maximum atomic E-state index is 13.0. The van der Waals surface area contributed by atoms with Gasteiger partial charge < -0.3 is 9.64 Å². The summed E-state index contributed by atoms with van der Waals surface area (Å²) in [5.41, 5.74) is 1.60. The van der Waals surface area contributed by atoms with E-state index in [0.29, 0.717) is 30.1 Å². The van der Waals surface area contributed by atoms with Crippen molar-refractivity contribution in [3.8, 4) is 5.75 Å². The van der Waals surface area contributed by atoms with Crippen LogP contribution in [0.1, 0.15) is 42.6 Å². The third-order valence-corrected chi connectivity index (χ3v) is 5.75. The normalized spacial score (nSPS) is 11.1. The van der Waals surface area contributed by atoms with Crippen LogP contribution in [0.15, 0.2) is 47.4 Å². The largest absolute Gasteiger partial charge is 0.497 e. The minimum Gasteiger partial charge on any atom is -0.497 e. The molecule has 6 nitrogen and oxygen atoms in total. The molecule has 28 heavy (non-hydrogen) atoms. The Kier molecular flexibility index (Phi) is 7.45. The van der Waals surface area contributed by atoms with E-state index in [4.69, 9.17) is 4.74 Å². The number of aryl methyl sites for hydroxylation is 1. The second kappa shape index (κ2) is 9.59. The molecule has 1 amide bonds. The summed E-state index contributed by atoms with van der Waals surface area (Å²) in [5.74, 6) is 0.501. The van der Waals surface area contributed by atoms with E-state index in [1.807, 2.05) is 20.8 Å². The molecule has 0 aliphatic carbocycles. The summed E-state index contributed by atoms with van der Waals surface area (Å²) in [6, 6.07) is 11.3. The van der Waals surface area contributed by atoms with E-state index in [2.05, 4.69) is 4.72 Å². The van der Waals surface area contributed by atoms with Crippen LogP contribution in [0.2, 0.25) is 0 Å². The second-order valence-corrected chi connectivity index (χ2v) is 8.29. The van der Waals surface area contributed by atoms with Gasteiger partial charge in [0, 0.05) is 24.3 Å². The topological polar surface area (TPSA) is 75.7 Å². The lowest BCUT2D eigenvalue weighted by Crippen LogP contribution is -2.33. The summed E-state index contributed by atoms with van der Waals surface area (Å²) in [6.07, 6.45) is 1.70. The van der Waals surface area contributed by atoms with Crippen molar-refractivity contribution in [2.75, 3.05) is 24.9 Å². The quantitative estimate of drug-likeness (QED) is 0.684. The number of nitrogens with zero attached hydrogens (tertiary/aromatic N) is 1. The van der Waals surface area contributed by atoms with Gasteiger partial charge in [0.2, 0.25) is 0 Å². The van der Waals surface area contributed by atoms with Gasteiger partial charge in [0.25, 0.3) is 15.9 Å². The Morgan fingerprint density at radius 2 is 1.64 bits per heavy atom. The maximum absolute atomic E-state index is 13.0. The Morgan fingerprint density at radius 1 is 1.04 bits per heavy atom. The zero-order valence-corrected chi connectivity index (χ0v) is 17.7. The van der Waals surface area contributed by atoms with Crippen molar-refractivity contribution in [3.63, 3.8) is 0 Å². The Morgan fingerprint density at radius 3 is 2.18 bits per heavy atom. The third-order valence-electron chi connectivity index (χ3n) is 4.37. The highest BCUT2D eigenvalue weighted by atomic mass is 32.2. The molecule has 0 radical (unpaired) electrons. The molecule has 0 bridgehead atoms. The van der Waals surface area contributed by atoms with E-state index in [9.17, 15) is 13.2 Å². The predicted molar refractivity (Wildman–Crippen MR) is 111 cm³/mol. The zero-order chi connectivity index (χ0) is 20.7. The molecular formula is C21H28N2O4S. The van der Waals surface area contributed by atoms with Gasteiger partial charge in [-0.25, -0.2) is 8.42 Å². The predicted octanol–water partition coefficient (Wildman–Crippen LogP) is 4.07. The van der Waals surface area contributed by atoms with Crippen molar-refractivity contribution in [2.24, 2.45) is 0 Å². The van der Waals surface area contributed by atoms with Crippen LogP contribution in [0.5, 0.6) is 5.75 Å². The Bertz CT molecular complexity index is 903. The molecule has 0 spiro atoms. The molecule has 0 aromatic heterocycles. The van der Waals surface area contributed by atoms with Crippen LogP contribution in [0.3, 0.4) is 0 Å². The van der Waals surface area contributed by atoms with Crippen LogP contribution in [0.4, 0.5) is 5.69 Å². The number of carbonyl (C=O) groups excluding carboxylic acids is 1. The van der Waals surface area contributed by atoms with Gasteiger partial charge in [-0.15, -0.1) is 0 Å². The standard InChI is InChI=1S/C21H28N2O4S/c1-5-13-23(14-6-2)21(24)20-15-19(12-7-16(20)3)28(25,26)22-17-8-10-18(27-4)11-9-17/h7-12,15,22H,5-6,13-14H2,1-4H3. The Hall–Kier alpha value is -2.54. The van der Waals surface area contributed by atoms with Crippen LogP contribution >= 0.6 is 0 Å². The number of methoxy groups -OCH3 is 1. The first kappa shape index (κ1) is 21.8. The molecule has 0 saturated heterocycles. The monoisotopic (exact) mass is 404 g/mol. The van der Waals surface area contributed by atoms with E-state index >= 15 is 0 Å². The van der Waals surface area contributed by atoms with Gasteiger partial charge in [0.1, 0.15) is 5.75 Å². The summed E-state index contributed by atoms with van der Waals surface area (Å²) in [5, 5.41) is 0. The molecule has 0 fully saturated rings. The molecular weight excluding hydrogens is 376 g/mol. The Balaban J connectivity index is 2.32. The van der Waals surface area contributed by atoms with Gasteiger partial charge in [-0.2, -0.15) is 0 Å². The molecule has 0 aliphatic heterocycles. The first-order valence-corrected chi connectivity index (χ1v) is 10.9.